The van der Waals surface area contributed by atoms with Gasteiger partial charge in [-0.25, -0.2) is 4.98 Å². The van der Waals surface area contributed by atoms with Crippen LogP contribution in [-0.4, -0.2) is 18.0 Å². The van der Waals surface area contributed by atoms with Crippen LogP contribution in [0, 0.1) is 0 Å². The average Bonchev–Trinajstić information content (AvgIpc) is 2.97. The molecule has 1 amide bonds. The SMILES string of the molecule is COc1cccc(CNC(=O)c2cc3cccnc3s2)c1. The van der Waals surface area contributed by atoms with E-state index in [1.807, 2.05) is 42.5 Å². The number of hydrogen-bond acceptors (Lipinski definition) is 4. The van der Waals surface area contributed by atoms with Gasteiger partial charge < -0.3 is 10.1 Å². The topological polar surface area (TPSA) is 51.2 Å². The first kappa shape index (κ1) is 13.6. The normalized spacial score (nSPS) is 10.5. The molecular formula is C16H14N2O2S. The van der Waals surface area contributed by atoms with Gasteiger partial charge in [-0.2, -0.15) is 0 Å². The molecule has 0 aliphatic rings. The van der Waals surface area contributed by atoms with Crippen molar-refractivity contribution in [2.45, 2.75) is 6.54 Å². The Morgan fingerprint density at radius 3 is 3.00 bits per heavy atom. The number of carbonyl (C=O) groups excluding carboxylic acids is 1. The monoisotopic (exact) mass is 298 g/mol. The largest absolute Gasteiger partial charge is 0.497 e. The van der Waals surface area contributed by atoms with E-state index in [1.54, 1.807) is 13.3 Å². The van der Waals surface area contributed by atoms with Gasteiger partial charge in [0.05, 0.1) is 12.0 Å². The van der Waals surface area contributed by atoms with Crippen LogP contribution in [-0.2, 0) is 6.54 Å². The highest BCUT2D eigenvalue weighted by molar-refractivity contribution is 7.20. The predicted octanol–water partition coefficient (Wildman–Crippen LogP) is 3.23. The Kier molecular flexibility index (Phi) is 3.83. The molecule has 0 saturated carbocycles. The summed E-state index contributed by atoms with van der Waals surface area (Å²) in [5.41, 5.74) is 1.00. The minimum Gasteiger partial charge on any atom is -0.497 e. The molecule has 21 heavy (non-hydrogen) atoms. The number of thiophene rings is 1. The molecule has 0 fully saturated rings. The lowest BCUT2D eigenvalue weighted by Crippen LogP contribution is -2.21. The molecule has 0 atom stereocenters. The molecule has 5 heteroatoms. The molecular weight excluding hydrogens is 284 g/mol. The van der Waals surface area contributed by atoms with Gasteiger partial charge >= 0.3 is 0 Å². The Bertz CT molecular complexity index is 750. The van der Waals surface area contributed by atoms with Crippen molar-refractivity contribution in [2.75, 3.05) is 7.11 Å². The van der Waals surface area contributed by atoms with Crippen molar-refractivity contribution in [3.8, 4) is 5.75 Å². The number of benzene rings is 1. The van der Waals surface area contributed by atoms with Gasteiger partial charge in [-0.15, -0.1) is 11.3 Å². The second-order valence-electron chi connectivity index (χ2n) is 4.54. The second-order valence-corrected chi connectivity index (χ2v) is 5.57. The average molecular weight is 298 g/mol. The van der Waals surface area contributed by atoms with Crippen LogP contribution in [0.2, 0.25) is 0 Å². The van der Waals surface area contributed by atoms with Crippen molar-refractivity contribution in [1.82, 2.24) is 10.3 Å². The molecule has 0 aliphatic heterocycles. The lowest BCUT2D eigenvalue weighted by molar-refractivity contribution is 0.0955. The zero-order valence-electron chi connectivity index (χ0n) is 11.5. The van der Waals surface area contributed by atoms with Gasteiger partial charge in [0, 0.05) is 18.1 Å². The first-order valence-electron chi connectivity index (χ1n) is 6.52. The molecule has 0 aliphatic carbocycles. The van der Waals surface area contributed by atoms with Crippen molar-refractivity contribution in [3.05, 3.63) is 59.1 Å². The minimum absolute atomic E-state index is 0.0826. The van der Waals surface area contributed by atoms with E-state index in [1.165, 1.54) is 11.3 Å². The quantitative estimate of drug-likeness (QED) is 0.804. The molecule has 3 rings (SSSR count). The van der Waals surface area contributed by atoms with Crippen LogP contribution in [0.25, 0.3) is 10.2 Å². The van der Waals surface area contributed by atoms with Gasteiger partial charge in [0.25, 0.3) is 5.91 Å². The van der Waals surface area contributed by atoms with Crippen molar-refractivity contribution in [2.24, 2.45) is 0 Å². The molecule has 0 spiro atoms. The molecule has 106 valence electrons. The van der Waals surface area contributed by atoms with Gasteiger partial charge in [0.2, 0.25) is 0 Å². The number of amides is 1. The van der Waals surface area contributed by atoms with Crippen molar-refractivity contribution >= 4 is 27.5 Å². The maximum atomic E-state index is 12.2. The van der Waals surface area contributed by atoms with Crippen LogP contribution < -0.4 is 10.1 Å². The van der Waals surface area contributed by atoms with Gasteiger partial charge in [0.1, 0.15) is 10.6 Å². The standard InChI is InChI=1S/C16H14N2O2S/c1-20-13-6-2-4-11(8-13)10-18-15(19)14-9-12-5-3-7-17-16(12)21-14/h2-9H,10H2,1H3,(H,18,19). The summed E-state index contributed by atoms with van der Waals surface area (Å²) in [4.78, 5) is 18.0. The van der Waals surface area contributed by atoms with Crippen molar-refractivity contribution in [3.63, 3.8) is 0 Å². The number of aromatic nitrogens is 1. The van der Waals surface area contributed by atoms with E-state index in [-0.39, 0.29) is 5.91 Å². The molecule has 4 nitrogen and oxygen atoms in total. The number of fused-ring (bicyclic) bond motifs is 1. The fourth-order valence-electron chi connectivity index (χ4n) is 2.04. The van der Waals surface area contributed by atoms with Gasteiger partial charge in [0.15, 0.2) is 0 Å². The molecule has 0 bridgehead atoms. The Labute approximate surface area is 126 Å². The highest BCUT2D eigenvalue weighted by Gasteiger charge is 2.10. The number of ether oxygens (including phenoxy) is 1. The fourth-order valence-corrected chi connectivity index (χ4v) is 2.95. The number of carbonyl (C=O) groups is 1. The van der Waals surface area contributed by atoms with Crippen LogP contribution in [0.4, 0.5) is 0 Å². The minimum atomic E-state index is -0.0826. The third kappa shape index (κ3) is 3.03. The molecule has 3 aromatic rings. The van der Waals surface area contributed by atoms with Gasteiger partial charge in [-0.1, -0.05) is 18.2 Å². The van der Waals surface area contributed by atoms with Crippen LogP contribution in [0.3, 0.4) is 0 Å². The summed E-state index contributed by atoms with van der Waals surface area (Å²) in [6, 6.07) is 13.3. The van der Waals surface area contributed by atoms with E-state index in [4.69, 9.17) is 4.74 Å². The van der Waals surface area contributed by atoms with E-state index >= 15 is 0 Å². The Morgan fingerprint density at radius 1 is 1.29 bits per heavy atom. The van der Waals surface area contributed by atoms with E-state index < -0.39 is 0 Å². The number of nitrogens with one attached hydrogen (secondary N) is 1. The Hall–Kier alpha value is -2.40. The van der Waals surface area contributed by atoms with Crippen LogP contribution in [0.15, 0.2) is 48.7 Å². The highest BCUT2D eigenvalue weighted by atomic mass is 32.1. The summed E-state index contributed by atoms with van der Waals surface area (Å²) < 4.78 is 5.17. The number of hydrogen-bond donors (Lipinski definition) is 1. The number of pyridine rings is 1. The molecule has 1 aromatic carbocycles. The van der Waals surface area contributed by atoms with E-state index in [0.717, 1.165) is 21.5 Å². The van der Waals surface area contributed by atoms with Crippen LogP contribution >= 0.6 is 11.3 Å². The second kappa shape index (κ2) is 5.93. The summed E-state index contributed by atoms with van der Waals surface area (Å²) in [6.07, 6.45) is 1.73. The third-order valence-electron chi connectivity index (χ3n) is 3.10. The summed E-state index contributed by atoms with van der Waals surface area (Å²) in [5.74, 6) is 0.702. The lowest BCUT2D eigenvalue weighted by Gasteiger charge is -2.05. The fraction of sp³-hybridized carbons (Fsp3) is 0.125. The highest BCUT2D eigenvalue weighted by Crippen LogP contribution is 2.23. The smallest absolute Gasteiger partial charge is 0.261 e. The number of methoxy groups -OCH3 is 1. The van der Waals surface area contributed by atoms with Crippen LogP contribution in [0.5, 0.6) is 5.75 Å². The van der Waals surface area contributed by atoms with Gasteiger partial charge in [-0.3, -0.25) is 4.79 Å². The zero-order valence-corrected chi connectivity index (χ0v) is 12.3. The molecule has 0 radical (unpaired) electrons. The maximum Gasteiger partial charge on any atom is 0.261 e. The summed E-state index contributed by atoms with van der Waals surface area (Å²) >= 11 is 1.40. The Morgan fingerprint density at radius 2 is 2.19 bits per heavy atom. The Balaban J connectivity index is 1.71. The maximum absolute atomic E-state index is 12.2. The first-order valence-corrected chi connectivity index (χ1v) is 7.33. The molecule has 0 unspecified atom stereocenters. The van der Waals surface area contributed by atoms with Crippen LogP contribution in [0.1, 0.15) is 15.2 Å². The predicted molar refractivity (Wildman–Crippen MR) is 83.8 cm³/mol. The van der Waals surface area contributed by atoms with Crippen molar-refractivity contribution in [1.29, 1.82) is 0 Å². The number of nitrogens with zero attached hydrogens (tertiary/aromatic N) is 1. The van der Waals surface area contributed by atoms with Gasteiger partial charge in [-0.05, 0) is 29.8 Å². The lowest BCUT2D eigenvalue weighted by atomic mass is 10.2. The molecule has 0 saturated heterocycles. The molecule has 1 N–H and O–H groups in total. The zero-order chi connectivity index (χ0) is 14.7. The van der Waals surface area contributed by atoms with E-state index in [9.17, 15) is 4.79 Å². The molecule has 2 aromatic heterocycles. The third-order valence-corrected chi connectivity index (χ3v) is 4.16. The molecule has 2 heterocycles. The van der Waals surface area contributed by atoms with Crippen molar-refractivity contribution < 1.29 is 9.53 Å². The number of rotatable bonds is 4. The summed E-state index contributed by atoms with van der Waals surface area (Å²) in [5, 5.41) is 3.91. The first-order chi connectivity index (χ1) is 10.3. The van der Waals surface area contributed by atoms with E-state index in [2.05, 4.69) is 10.3 Å². The summed E-state index contributed by atoms with van der Waals surface area (Å²) in [7, 11) is 1.63. The summed E-state index contributed by atoms with van der Waals surface area (Å²) in [6.45, 7) is 0.470. The van der Waals surface area contributed by atoms with E-state index in [0.29, 0.717) is 11.4 Å².